The van der Waals surface area contributed by atoms with Gasteiger partial charge in [0.25, 0.3) is 0 Å². The number of ether oxygens (including phenoxy) is 1. The molecule has 1 unspecified atom stereocenters. The first-order chi connectivity index (χ1) is 11.4. The summed E-state index contributed by atoms with van der Waals surface area (Å²) in [5.41, 5.74) is -0.847. The maximum atomic E-state index is 11.4. The summed E-state index contributed by atoms with van der Waals surface area (Å²) in [5, 5.41) is 39.0. The third-order valence-electron chi connectivity index (χ3n) is 3.31. The van der Waals surface area contributed by atoms with Crippen LogP contribution in [0.1, 0.15) is 38.8 Å². The number of phenolic OH excluding ortho intramolecular Hbond substituents is 1. The molecular weight excluding hydrogens is 328 g/mol. The van der Waals surface area contributed by atoms with Gasteiger partial charge in [0.15, 0.2) is 0 Å². The van der Waals surface area contributed by atoms with Gasteiger partial charge in [-0.3, -0.25) is 4.79 Å². The number of carbonyl (C=O) groups excluding carboxylic acids is 2. The molecule has 0 aromatic heterocycles. The monoisotopic (exact) mass is 355 g/mol. The lowest BCUT2D eigenvalue weighted by atomic mass is 9.93. The molecule has 1 rings (SSSR count). The number of aromatic hydroxyl groups is 1. The summed E-state index contributed by atoms with van der Waals surface area (Å²) < 4.78 is 4.94. The number of aryl methyl sites for hydroxylation is 1. The van der Waals surface area contributed by atoms with Crippen LogP contribution in [-0.2, 0) is 19.9 Å². The highest BCUT2D eigenvalue weighted by atomic mass is 16.5. The Balaban J connectivity index is 0.000000823. The summed E-state index contributed by atoms with van der Waals surface area (Å²) >= 11 is 0. The minimum Gasteiger partial charge on any atom is -0.550 e. The number of carboxylic acid groups (broad SMARTS) is 1. The Kier molecular flexibility index (Phi) is 9.16. The Bertz CT molecular complexity index is 581. The van der Waals surface area contributed by atoms with Crippen LogP contribution in [0.4, 0.5) is 0 Å². The van der Waals surface area contributed by atoms with Crippen molar-refractivity contribution in [2.45, 2.75) is 40.2 Å². The van der Waals surface area contributed by atoms with Crippen molar-refractivity contribution in [2.75, 3.05) is 13.2 Å². The highest BCUT2D eigenvalue weighted by Gasteiger charge is 2.33. The summed E-state index contributed by atoms with van der Waals surface area (Å²) in [6.45, 7) is 7.23. The van der Waals surface area contributed by atoms with Crippen LogP contribution in [0, 0.1) is 18.8 Å². The minimum atomic E-state index is -1.80. The van der Waals surface area contributed by atoms with E-state index in [9.17, 15) is 30.0 Å². The zero-order valence-corrected chi connectivity index (χ0v) is 15.3. The Labute approximate surface area is 147 Å². The van der Waals surface area contributed by atoms with Crippen LogP contribution in [0.3, 0.4) is 0 Å². The SMILES string of the molecule is CC(C)C(=O)[O-].Cc1ccc(C(O)(CO)COC(=O)C(C)C)c(O)c1. The quantitative estimate of drug-likeness (QED) is 0.633. The molecular formula is C18H27O7-. The first kappa shape index (κ1) is 22.9. The molecule has 7 nitrogen and oxygen atoms in total. The van der Waals surface area contributed by atoms with E-state index >= 15 is 0 Å². The van der Waals surface area contributed by atoms with Gasteiger partial charge in [0, 0.05) is 11.5 Å². The molecule has 1 aromatic carbocycles. The summed E-state index contributed by atoms with van der Waals surface area (Å²) in [5.74, 6) is -2.27. The second-order valence-electron chi connectivity index (χ2n) is 6.45. The number of benzene rings is 1. The van der Waals surface area contributed by atoms with Crippen LogP contribution in [0.2, 0.25) is 0 Å². The third kappa shape index (κ3) is 7.53. The zero-order chi connectivity index (χ0) is 19.8. The van der Waals surface area contributed by atoms with Crippen molar-refractivity contribution in [2.24, 2.45) is 11.8 Å². The number of aliphatic carboxylic acids is 1. The van der Waals surface area contributed by atoms with Gasteiger partial charge in [0.05, 0.1) is 12.5 Å². The van der Waals surface area contributed by atoms with E-state index in [1.54, 1.807) is 40.7 Å². The predicted molar refractivity (Wildman–Crippen MR) is 89.5 cm³/mol. The second kappa shape index (κ2) is 10.0. The molecule has 0 aliphatic rings. The fourth-order valence-electron chi connectivity index (χ4n) is 1.60. The van der Waals surface area contributed by atoms with E-state index in [0.29, 0.717) is 0 Å². The summed E-state index contributed by atoms with van der Waals surface area (Å²) in [4.78, 5) is 21.0. The highest BCUT2D eigenvalue weighted by Crippen LogP contribution is 2.30. The lowest BCUT2D eigenvalue weighted by Gasteiger charge is -2.27. The van der Waals surface area contributed by atoms with E-state index in [1.807, 2.05) is 0 Å². The van der Waals surface area contributed by atoms with E-state index in [4.69, 9.17) is 4.74 Å². The molecule has 0 aliphatic carbocycles. The van der Waals surface area contributed by atoms with Crippen molar-refractivity contribution in [1.82, 2.24) is 0 Å². The fraction of sp³-hybridized carbons (Fsp3) is 0.556. The number of esters is 1. The molecule has 3 N–H and O–H groups in total. The number of aliphatic hydroxyl groups is 2. The molecule has 0 aliphatic heterocycles. The van der Waals surface area contributed by atoms with Gasteiger partial charge in [-0.25, -0.2) is 0 Å². The fourth-order valence-corrected chi connectivity index (χ4v) is 1.60. The van der Waals surface area contributed by atoms with Crippen LogP contribution in [0.25, 0.3) is 0 Å². The average molecular weight is 355 g/mol. The van der Waals surface area contributed by atoms with Crippen molar-refractivity contribution >= 4 is 11.9 Å². The zero-order valence-electron chi connectivity index (χ0n) is 15.3. The number of hydrogen-bond donors (Lipinski definition) is 3. The molecule has 0 fully saturated rings. The standard InChI is InChI=1S/C14H20O5.C4H8O2/c1-9(2)13(17)19-8-14(18,7-15)11-5-4-10(3)6-12(11)16;1-3(2)4(5)6/h4-6,9,15-16,18H,7-8H2,1-3H3;3H,1-2H3,(H,5,6)/p-1. The van der Waals surface area contributed by atoms with Gasteiger partial charge in [-0.2, -0.15) is 0 Å². The Morgan fingerprint density at radius 1 is 1.20 bits per heavy atom. The van der Waals surface area contributed by atoms with Gasteiger partial charge in [-0.15, -0.1) is 0 Å². The molecule has 0 spiro atoms. The maximum Gasteiger partial charge on any atom is 0.308 e. The van der Waals surface area contributed by atoms with E-state index in [2.05, 4.69) is 0 Å². The van der Waals surface area contributed by atoms with E-state index in [1.165, 1.54) is 12.1 Å². The van der Waals surface area contributed by atoms with Crippen molar-refractivity contribution in [1.29, 1.82) is 0 Å². The van der Waals surface area contributed by atoms with Crippen LogP contribution in [0.15, 0.2) is 18.2 Å². The van der Waals surface area contributed by atoms with Crippen molar-refractivity contribution < 1.29 is 34.8 Å². The first-order valence-electron chi connectivity index (χ1n) is 7.95. The minimum absolute atomic E-state index is 0.136. The molecule has 7 heteroatoms. The molecule has 0 radical (unpaired) electrons. The number of hydrogen-bond acceptors (Lipinski definition) is 7. The molecule has 1 aromatic rings. The van der Waals surface area contributed by atoms with Crippen LogP contribution < -0.4 is 5.11 Å². The molecule has 0 saturated carbocycles. The Morgan fingerprint density at radius 3 is 2.08 bits per heavy atom. The lowest BCUT2D eigenvalue weighted by Crippen LogP contribution is -2.37. The summed E-state index contributed by atoms with van der Waals surface area (Å²) in [6, 6.07) is 4.67. The third-order valence-corrected chi connectivity index (χ3v) is 3.31. The molecule has 0 amide bonds. The summed E-state index contributed by atoms with van der Waals surface area (Å²) in [7, 11) is 0. The number of phenols is 1. The lowest BCUT2D eigenvalue weighted by molar-refractivity contribution is -0.310. The van der Waals surface area contributed by atoms with Crippen LogP contribution in [0.5, 0.6) is 5.75 Å². The van der Waals surface area contributed by atoms with Crippen LogP contribution in [-0.4, -0.2) is 40.5 Å². The number of carboxylic acids is 1. The normalized spacial score (nSPS) is 13.0. The first-order valence-corrected chi connectivity index (χ1v) is 7.95. The van der Waals surface area contributed by atoms with Gasteiger partial charge >= 0.3 is 5.97 Å². The highest BCUT2D eigenvalue weighted by molar-refractivity contribution is 5.71. The molecule has 0 bridgehead atoms. The Hall–Kier alpha value is -2.12. The topological polar surface area (TPSA) is 127 Å². The second-order valence-corrected chi connectivity index (χ2v) is 6.45. The van der Waals surface area contributed by atoms with Gasteiger partial charge < -0.3 is 30.0 Å². The van der Waals surface area contributed by atoms with E-state index < -0.39 is 30.8 Å². The maximum absolute atomic E-state index is 11.4. The van der Waals surface area contributed by atoms with Crippen molar-refractivity contribution in [3.63, 3.8) is 0 Å². The van der Waals surface area contributed by atoms with Gasteiger partial charge in [0.1, 0.15) is 18.0 Å². The van der Waals surface area contributed by atoms with Crippen molar-refractivity contribution in [3.8, 4) is 5.75 Å². The van der Waals surface area contributed by atoms with E-state index in [-0.39, 0.29) is 23.1 Å². The van der Waals surface area contributed by atoms with Gasteiger partial charge in [0.2, 0.25) is 0 Å². The number of aliphatic hydroxyl groups excluding tert-OH is 1. The molecule has 0 saturated heterocycles. The largest absolute Gasteiger partial charge is 0.550 e. The number of rotatable bonds is 6. The molecule has 25 heavy (non-hydrogen) atoms. The molecule has 142 valence electrons. The van der Waals surface area contributed by atoms with Gasteiger partial charge in [-0.05, 0) is 24.5 Å². The smallest absolute Gasteiger partial charge is 0.308 e. The number of carbonyl (C=O) groups is 2. The molecule has 1 atom stereocenters. The molecule has 0 heterocycles. The van der Waals surface area contributed by atoms with Gasteiger partial charge in [-0.1, -0.05) is 39.8 Å². The summed E-state index contributed by atoms with van der Waals surface area (Å²) in [6.07, 6.45) is 0. The predicted octanol–water partition coefficient (Wildman–Crippen LogP) is 0.472. The van der Waals surface area contributed by atoms with Crippen LogP contribution >= 0.6 is 0 Å². The van der Waals surface area contributed by atoms with Crippen molar-refractivity contribution in [3.05, 3.63) is 29.3 Å². The average Bonchev–Trinajstić information content (AvgIpc) is 2.52. The Morgan fingerprint density at radius 2 is 1.72 bits per heavy atom. The van der Waals surface area contributed by atoms with E-state index in [0.717, 1.165) is 5.56 Å².